The molecular weight excluding hydrogens is 606 g/mol. The predicted molar refractivity (Wildman–Crippen MR) is 173 cm³/mol. The first-order valence-electron chi connectivity index (χ1n) is 15.2. The number of hydrogen-bond acceptors (Lipinski definition) is 9. The maximum Gasteiger partial charge on any atom is 0.319 e. The Balaban J connectivity index is 1.65. The van der Waals surface area contributed by atoms with Gasteiger partial charge in [0.05, 0.1) is 22.9 Å². The van der Waals surface area contributed by atoms with E-state index in [1.54, 1.807) is 12.1 Å². The number of rotatable bonds is 17. The maximum atomic E-state index is 13.9. The summed E-state index contributed by atoms with van der Waals surface area (Å²) in [6.07, 6.45) is 7.74. The van der Waals surface area contributed by atoms with Gasteiger partial charge in [0.1, 0.15) is 11.1 Å². The summed E-state index contributed by atoms with van der Waals surface area (Å²) in [4.78, 5) is 12.4. The van der Waals surface area contributed by atoms with Gasteiger partial charge in [0.15, 0.2) is 9.84 Å². The molecular formula is C30H47N5O7S2. The topological polar surface area (TPSA) is 186 Å². The van der Waals surface area contributed by atoms with Crippen LogP contribution in [0.3, 0.4) is 0 Å². The monoisotopic (exact) mass is 653 g/mol. The van der Waals surface area contributed by atoms with Gasteiger partial charge in [-0.2, -0.15) is 0 Å². The van der Waals surface area contributed by atoms with E-state index in [1.807, 2.05) is 0 Å². The molecule has 2 atom stereocenters. The zero-order chi connectivity index (χ0) is 32.2. The van der Waals surface area contributed by atoms with Gasteiger partial charge in [0, 0.05) is 18.8 Å². The number of unbranched alkanes of at least 4 members (excludes halogenated alkanes) is 5. The number of carbonyl (C=O) groups excluding carboxylic acids is 1. The zero-order valence-corrected chi connectivity index (χ0v) is 27.1. The number of urea groups is 1. The van der Waals surface area contributed by atoms with Crippen LogP contribution in [0.2, 0.25) is 0 Å². The second-order valence-corrected chi connectivity index (χ2v) is 15.1. The van der Waals surface area contributed by atoms with E-state index in [4.69, 9.17) is 0 Å². The molecule has 0 spiro atoms. The number of phenols is 1. The minimum atomic E-state index is -3.90. The van der Waals surface area contributed by atoms with Gasteiger partial charge in [-0.05, 0) is 80.2 Å². The Labute approximate surface area is 261 Å². The van der Waals surface area contributed by atoms with Crippen molar-refractivity contribution in [3.05, 3.63) is 48.0 Å². The molecule has 0 aromatic heterocycles. The van der Waals surface area contributed by atoms with Crippen molar-refractivity contribution in [3.63, 3.8) is 0 Å². The molecule has 1 aliphatic heterocycles. The molecule has 44 heavy (non-hydrogen) atoms. The Morgan fingerprint density at radius 2 is 1.64 bits per heavy atom. The first-order chi connectivity index (χ1) is 20.9. The zero-order valence-electron chi connectivity index (χ0n) is 25.5. The minimum Gasteiger partial charge on any atom is -0.506 e. The molecule has 3 rings (SSSR count). The lowest BCUT2D eigenvalue weighted by Gasteiger charge is -2.32. The van der Waals surface area contributed by atoms with Crippen LogP contribution in [0.15, 0.2) is 47.4 Å². The molecule has 0 saturated carbocycles. The molecule has 1 fully saturated rings. The van der Waals surface area contributed by atoms with Crippen LogP contribution in [0.4, 0.5) is 16.2 Å². The summed E-state index contributed by atoms with van der Waals surface area (Å²) in [7, 11) is -7.57. The molecule has 0 radical (unpaired) electrons. The highest BCUT2D eigenvalue weighted by atomic mass is 32.2. The third-order valence-corrected chi connectivity index (χ3v) is 10.4. The van der Waals surface area contributed by atoms with Gasteiger partial charge in [-0.1, -0.05) is 45.1 Å². The number of hydrogen-bond donors (Lipinski definition) is 7. The number of sulfonamides is 1. The fourth-order valence-corrected chi connectivity index (χ4v) is 7.69. The van der Waals surface area contributed by atoms with E-state index >= 15 is 0 Å². The number of aliphatic hydroxyl groups is 1. The number of nitrogens with one attached hydrogen (secondary N) is 5. The van der Waals surface area contributed by atoms with Gasteiger partial charge in [0.2, 0.25) is 10.0 Å². The molecule has 1 saturated heterocycles. The number of benzene rings is 2. The fraction of sp³-hybridized carbons (Fsp3) is 0.567. The van der Waals surface area contributed by atoms with Crippen LogP contribution < -0.4 is 26.0 Å². The summed E-state index contributed by atoms with van der Waals surface area (Å²) in [6.45, 7) is 3.94. The summed E-state index contributed by atoms with van der Waals surface area (Å²) in [6, 6.07) is 9.71. The lowest BCUT2D eigenvalue weighted by molar-refractivity contribution is 0.168. The SMILES string of the molecule is CCCCCCCCNC(=O)Nc1ccc(S(=O)(=O)C(NCC(O)c2ccc(O)c(NS(C)(=O)=O)c2)C2CCNCC2)cc1. The average molecular weight is 654 g/mol. The summed E-state index contributed by atoms with van der Waals surface area (Å²) in [5.41, 5.74) is 0.682. The second kappa shape index (κ2) is 17.0. The number of piperidine rings is 1. The largest absolute Gasteiger partial charge is 0.506 e. The third-order valence-electron chi connectivity index (χ3n) is 7.62. The quantitative estimate of drug-likeness (QED) is 0.0988. The highest BCUT2D eigenvalue weighted by Crippen LogP contribution is 2.30. The molecule has 2 aromatic rings. The van der Waals surface area contributed by atoms with E-state index in [2.05, 4.69) is 32.9 Å². The standard InChI is InChI=1S/C30H47N5O7S2/c1-3-4-5-6-7-8-17-32-30(38)34-24-10-12-25(13-11-24)44(41,42)29(22-15-18-31-19-16-22)33-21-28(37)23-9-14-27(36)26(20-23)35-43(2,39)40/h9-14,20,22,28-29,31,33,35-37H,3-8,15-19,21H2,1-2H3,(H2,32,34,38). The van der Waals surface area contributed by atoms with Gasteiger partial charge in [-0.25, -0.2) is 21.6 Å². The summed E-state index contributed by atoms with van der Waals surface area (Å²) in [5.74, 6) is -0.524. The van der Waals surface area contributed by atoms with Crippen molar-refractivity contribution < 1.29 is 31.8 Å². The number of phenolic OH excluding ortho intramolecular Hbond substituents is 1. The van der Waals surface area contributed by atoms with Gasteiger partial charge in [-0.15, -0.1) is 0 Å². The van der Waals surface area contributed by atoms with Gasteiger partial charge in [0.25, 0.3) is 0 Å². The Hall–Kier alpha value is -2.91. The van der Waals surface area contributed by atoms with E-state index in [0.29, 0.717) is 43.7 Å². The van der Waals surface area contributed by atoms with Crippen molar-refractivity contribution in [2.75, 3.05) is 42.5 Å². The minimum absolute atomic E-state index is 0.0867. The molecule has 12 nitrogen and oxygen atoms in total. The van der Waals surface area contributed by atoms with Crippen LogP contribution in [0.1, 0.15) is 70.0 Å². The van der Waals surface area contributed by atoms with E-state index in [9.17, 15) is 31.8 Å². The van der Waals surface area contributed by atoms with Crippen LogP contribution in [-0.4, -0.2) is 70.9 Å². The molecule has 246 valence electrons. The highest BCUT2D eigenvalue weighted by Gasteiger charge is 2.35. The summed E-state index contributed by atoms with van der Waals surface area (Å²) in [5, 5.41) is 31.8. The molecule has 0 aliphatic carbocycles. The van der Waals surface area contributed by atoms with Gasteiger partial charge >= 0.3 is 6.03 Å². The number of amides is 2. The Morgan fingerprint density at radius 3 is 2.30 bits per heavy atom. The van der Waals surface area contributed by atoms with Crippen LogP contribution in [-0.2, 0) is 19.9 Å². The Morgan fingerprint density at radius 1 is 0.977 bits per heavy atom. The molecule has 2 unspecified atom stereocenters. The first-order valence-corrected chi connectivity index (χ1v) is 18.7. The van der Waals surface area contributed by atoms with E-state index < -0.39 is 31.3 Å². The van der Waals surface area contributed by atoms with Crippen LogP contribution in [0.25, 0.3) is 0 Å². The first kappa shape index (κ1) is 35.6. The van der Waals surface area contributed by atoms with Crippen molar-refractivity contribution in [2.24, 2.45) is 5.92 Å². The average Bonchev–Trinajstić information content (AvgIpc) is 2.98. The Bertz CT molecular complexity index is 1410. The molecule has 1 aliphatic rings. The van der Waals surface area contributed by atoms with Crippen LogP contribution in [0.5, 0.6) is 5.75 Å². The molecule has 7 N–H and O–H groups in total. The lowest BCUT2D eigenvalue weighted by Crippen LogP contribution is -2.47. The third kappa shape index (κ3) is 11.2. The second-order valence-electron chi connectivity index (χ2n) is 11.3. The van der Waals surface area contributed by atoms with E-state index in [-0.39, 0.29) is 34.8 Å². The molecule has 2 amide bonds. The number of aromatic hydroxyl groups is 1. The van der Waals surface area contributed by atoms with E-state index in [0.717, 1.165) is 25.5 Å². The molecule has 1 heterocycles. The van der Waals surface area contributed by atoms with Crippen molar-refractivity contribution >= 4 is 37.3 Å². The highest BCUT2D eigenvalue weighted by molar-refractivity contribution is 7.92. The van der Waals surface area contributed by atoms with Crippen molar-refractivity contribution in [2.45, 2.75) is 74.7 Å². The normalized spacial score (nSPS) is 15.8. The molecule has 2 aromatic carbocycles. The molecule has 0 bridgehead atoms. The van der Waals surface area contributed by atoms with Crippen LogP contribution >= 0.6 is 0 Å². The van der Waals surface area contributed by atoms with Crippen molar-refractivity contribution in [1.29, 1.82) is 0 Å². The number of carbonyl (C=O) groups is 1. The number of sulfone groups is 1. The lowest BCUT2D eigenvalue weighted by atomic mass is 9.97. The fourth-order valence-electron chi connectivity index (χ4n) is 5.22. The molecule has 14 heteroatoms. The van der Waals surface area contributed by atoms with Gasteiger partial charge < -0.3 is 26.2 Å². The maximum absolute atomic E-state index is 13.9. The number of anilines is 2. The van der Waals surface area contributed by atoms with Gasteiger partial charge in [-0.3, -0.25) is 10.0 Å². The smallest absolute Gasteiger partial charge is 0.319 e. The van der Waals surface area contributed by atoms with Crippen molar-refractivity contribution in [3.8, 4) is 5.75 Å². The summed E-state index contributed by atoms with van der Waals surface area (Å²) >= 11 is 0. The summed E-state index contributed by atoms with van der Waals surface area (Å²) < 4.78 is 53.2. The van der Waals surface area contributed by atoms with E-state index in [1.165, 1.54) is 49.6 Å². The Kier molecular flexibility index (Phi) is 13.7. The van der Waals surface area contributed by atoms with Crippen molar-refractivity contribution in [1.82, 2.24) is 16.0 Å². The predicted octanol–water partition coefficient (Wildman–Crippen LogP) is 3.67. The van der Waals surface area contributed by atoms with Crippen LogP contribution in [0, 0.1) is 5.92 Å². The number of aliphatic hydroxyl groups excluding tert-OH is 1.